The summed E-state index contributed by atoms with van der Waals surface area (Å²) in [7, 11) is 0. The van der Waals surface area contributed by atoms with Crippen molar-refractivity contribution in [2.75, 3.05) is 0 Å². The van der Waals surface area contributed by atoms with Crippen LogP contribution in [0.15, 0.2) is 64.8 Å². The highest BCUT2D eigenvalue weighted by Gasteiger charge is 2.19. The van der Waals surface area contributed by atoms with E-state index in [9.17, 15) is 4.39 Å². The van der Waals surface area contributed by atoms with Crippen LogP contribution in [-0.4, -0.2) is 15.1 Å². The predicted octanol–water partition coefficient (Wildman–Crippen LogP) is 4.86. The Morgan fingerprint density at radius 1 is 1.11 bits per heavy atom. The minimum absolute atomic E-state index is 0.253. The van der Waals surface area contributed by atoms with Gasteiger partial charge in [0.05, 0.1) is 11.7 Å². The molecule has 27 heavy (non-hydrogen) atoms. The first-order chi connectivity index (χ1) is 13.2. The van der Waals surface area contributed by atoms with Crippen molar-refractivity contribution in [3.05, 3.63) is 88.2 Å². The standard InChI is InChI=1S/C19H14ClFN4OS/c20-14-5-1-12(2-6-14)17(18-23-11-26-25-18)22-9-16-10-27-19(24-16)13-3-7-15(21)8-4-13/h1-8,10-11,17,22H,9H2/t17-/m0/s1. The van der Waals surface area contributed by atoms with Crippen LogP contribution in [-0.2, 0) is 6.54 Å². The Hall–Kier alpha value is -2.61. The SMILES string of the molecule is Fc1ccc(-c2nc(CN[C@@H](c3ccc(Cl)cc3)c3ncon3)cs2)cc1. The number of hydrogen-bond acceptors (Lipinski definition) is 6. The molecule has 2 heterocycles. The van der Waals surface area contributed by atoms with Crippen molar-refractivity contribution in [1.82, 2.24) is 20.4 Å². The lowest BCUT2D eigenvalue weighted by Crippen LogP contribution is -2.23. The molecule has 1 N–H and O–H groups in total. The van der Waals surface area contributed by atoms with Crippen molar-refractivity contribution in [3.8, 4) is 10.6 Å². The van der Waals surface area contributed by atoms with Gasteiger partial charge in [-0.05, 0) is 42.0 Å². The normalized spacial score (nSPS) is 12.2. The van der Waals surface area contributed by atoms with Crippen molar-refractivity contribution < 1.29 is 8.91 Å². The third-order valence-corrected chi connectivity index (χ3v) is 5.16. The Bertz CT molecular complexity index is 1000. The van der Waals surface area contributed by atoms with E-state index in [2.05, 4.69) is 20.4 Å². The largest absolute Gasteiger partial charge is 0.343 e. The number of halogens is 2. The molecule has 0 radical (unpaired) electrons. The third-order valence-electron chi connectivity index (χ3n) is 3.97. The summed E-state index contributed by atoms with van der Waals surface area (Å²) in [4.78, 5) is 8.78. The summed E-state index contributed by atoms with van der Waals surface area (Å²) in [6, 6.07) is 13.5. The molecule has 4 aromatic rings. The van der Waals surface area contributed by atoms with Gasteiger partial charge >= 0.3 is 0 Å². The van der Waals surface area contributed by atoms with Crippen molar-refractivity contribution in [2.45, 2.75) is 12.6 Å². The fourth-order valence-electron chi connectivity index (χ4n) is 2.64. The zero-order chi connectivity index (χ0) is 18.6. The zero-order valence-electron chi connectivity index (χ0n) is 14.0. The highest BCUT2D eigenvalue weighted by molar-refractivity contribution is 7.13. The molecule has 0 saturated heterocycles. The zero-order valence-corrected chi connectivity index (χ0v) is 15.5. The second kappa shape index (κ2) is 7.96. The van der Waals surface area contributed by atoms with Crippen molar-refractivity contribution >= 4 is 22.9 Å². The molecule has 0 aliphatic heterocycles. The lowest BCUT2D eigenvalue weighted by molar-refractivity contribution is 0.401. The van der Waals surface area contributed by atoms with E-state index in [1.807, 2.05) is 29.6 Å². The second-order valence-electron chi connectivity index (χ2n) is 5.81. The molecule has 0 aliphatic carbocycles. The first kappa shape index (κ1) is 17.8. The summed E-state index contributed by atoms with van der Waals surface area (Å²) < 4.78 is 18.0. The van der Waals surface area contributed by atoms with Gasteiger partial charge in [-0.15, -0.1) is 11.3 Å². The molecule has 4 rings (SSSR count). The second-order valence-corrected chi connectivity index (χ2v) is 7.10. The van der Waals surface area contributed by atoms with E-state index in [4.69, 9.17) is 16.1 Å². The Kier molecular flexibility index (Phi) is 5.24. The van der Waals surface area contributed by atoms with E-state index in [0.29, 0.717) is 17.4 Å². The maximum Gasteiger partial charge on any atom is 0.213 e. The van der Waals surface area contributed by atoms with Crippen molar-refractivity contribution in [3.63, 3.8) is 0 Å². The van der Waals surface area contributed by atoms with E-state index in [1.54, 1.807) is 12.1 Å². The molecule has 0 fully saturated rings. The summed E-state index contributed by atoms with van der Waals surface area (Å²) in [5.41, 5.74) is 2.73. The molecule has 8 heteroatoms. The van der Waals surface area contributed by atoms with Gasteiger partial charge in [0.2, 0.25) is 6.39 Å². The number of aromatic nitrogens is 3. The maximum atomic E-state index is 13.1. The first-order valence-corrected chi connectivity index (χ1v) is 9.40. The van der Waals surface area contributed by atoms with Gasteiger partial charge in [0.25, 0.3) is 0 Å². The van der Waals surface area contributed by atoms with Gasteiger partial charge in [0.1, 0.15) is 10.8 Å². The summed E-state index contributed by atoms with van der Waals surface area (Å²) in [6.45, 7) is 0.513. The minimum Gasteiger partial charge on any atom is -0.343 e. The van der Waals surface area contributed by atoms with Crippen LogP contribution in [0, 0.1) is 5.82 Å². The van der Waals surface area contributed by atoms with Crippen molar-refractivity contribution in [1.29, 1.82) is 0 Å². The lowest BCUT2D eigenvalue weighted by atomic mass is 10.1. The molecular weight excluding hydrogens is 387 g/mol. The Labute approximate surface area is 163 Å². The lowest BCUT2D eigenvalue weighted by Gasteiger charge is -2.15. The molecule has 136 valence electrons. The van der Waals surface area contributed by atoms with Crippen molar-refractivity contribution in [2.24, 2.45) is 0 Å². The molecule has 1 atom stereocenters. The van der Waals surface area contributed by atoms with E-state index in [0.717, 1.165) is 21.8 Å². The molecule has 0 aliphatic rings. The minimum atomic E-state index is -0.261. The Balaban J connectivity index is 1.51. The third kappa shape index (κ3) is 4.21. The van der Waals surface area contributed by atoms with Gasteiger partial charge in [-0.1, -0.05) is 28.9 Å². The van der Waals surface area contributed by atoms with Crippen LogP contribution in [0.25, 0.3) is 10.6 Å². The Morgan fingerprint density at radius 2 is 1.89 bits per heavy atom. The van der Waals surface area contributed by atoms with E-state index in [1.165, 1.54) is 29.9 Å². The van der Waals surface area contributed by atoms with Crippen LogP contribution in [0.3, 0.4) is 0 Å². The number of benzene rings is 2. The highest BCUT2D eigenvalue weighted by Crippen LogP contribution is 2.25. The van der Waals surface area contributed by atoms with Gasteiger partial charge in [-0.2, -0.15) is 4.98 Å². The van der Waals surface area contributed by atoms with E-state index in [-0.39, 0.29) is 11.9 Å². The number of hydrogen-bond donors (Lipinski definition) is 1. The number of nitrogens with one attached hydrogen (secondary N) is 1. The van der Waals surface area contributed by atoms with Gasteiger partial charge < -0.3 is 4.52 Å². The maximum absolute atomic E-state index is 13.1. The topological polar surface area (TPSA) is 63.8 Å². The molecule has 0 amide bonds. The van der Waals surface area contributed by atoms with Crippen LogP contribution in [0.5, 0.6) is 0 Å². The fourth-order valence-corrected chi connectivity index (χ4v) is 3.59. The molecule has 0 bridgehead atoms. The van der Waals surface area contributed by atoms with Crippen LogP contribution in [0.4, 0.5) is 4.39 Å². The molecule has 0 unspecified atom stereocenters. The predicted molar refractivity (Wildman–Crippen MR) is 102 cm³/mol. The molecule has 0 spiro atoms. The number of rotatable bonds is 6. The fraction of sp³-hybridized carbons (Fsp3) is 0.105. The number of nitrogens with zero attached hydrogens (tertiary/aromatic N) is 3. The average molecular weight is 401 g/mol. The molecule has 5 nitrogen and oxygen atoms in total. The monoisotopic (exact) mass is 400 g/mol. The van der Waals surface area contributed by atoms with Gasteiger partial charge in [0, 0.05) is 22.5 Å². The number of thiazole rings is 1. The van der Waals surface area contributed by atoms with Crippen LogP contribution in [0.1, 0.15) is 23.1 Å². The van der Waals surface area contributed by atoms with Crippen LogP contribution >= 0.6 is 22.9 Å². The van der Waals surface area contributed by atoms with E-state index >= 15 is 0 Å². The molecule has 0 saturated carbocycles. The summed E-state index contributed by atoms with van der Waals surface area (Å²) in [6.07, 6.45) is 1.30. The summed E-state index contributed by atoms with van der Waals surface area (Å²) >= 11 is 7.50. The van der Waals surface area contributed by atoms with Crippen LogP contribution < -0.4 is 5.32 Å². The summed E-state index contributed by atoms with van der Waals surface area (Å²) in [5.74, 6) is 0.273. The molecule has 2 aromatic heterocycles. The highest BCUT2D eigenvalue weighted by atomic mass is 35.5. The van der Waals surface area contributed by atoms with Gasteiger partial charge in [-0.3, -0.25) is 5.32 Å². The van der Waals surface area contributed by atoms with Gasteiger partial charge in [0.15, 0.2) is 5.82 Å². The Morgan fingerprint density at radius 3 is 2.59 bits per heavy atom. The smallest absolute Gasteiger partial charge is 0.213 e. The molecule has 2 aromatic carbocycles. The first-order valence-electron chi connectivity index (χ1n) is 8.14. The average Bonchev–Trinajstić information content (AvgIpc) is 3.36. The quantitative estimate of drug-likeness (QED) is 0.500. The van der Waals surface area contributed by atoms with Gasteiger partial charge in [-0.25, -0.2) is 9.37 Å². The summed E-state index contributed by atoms with van der Waals surface area (Å²) in [5, 5.41) is 10.8. The molecular formula is C19H14ClFN4OS. The van der Waals surface area contributed by atoms with Crippen LogP contribution in [0.2, 0.25) is 5.02 Å². The van der Waals surface area contributed by atoms with E-state index < -0.39 is 0 Å².